The van der Waals surface area contributed by atoms with Gasteiger partial charge in [0.05, 0.1) is 9.73 Å². The third-order valence-electron chi connectivity index (χ3n) is 1.26. The molecule has 0 saturated carbocycles. The van der Waals surface area contributed by atoms with Gasteiger partial charge in [0, 0.05) is 16.2 Å². The van der Waals surface area contributed by atoms with Gasteiger partial charge in [-0.1, -0.05) is 11.6 Å². The van der Waals surface area contributed by atoms with Crippen LogP contribution in [-0.4, -0.2) is 10.5 Å². The van der Waals surface area contributed by atoms with Crippen molar-refractivity contribution in [1.29, 1.82) is 4.78 Å². The van der Waals surface area contributed by atoms with Gasteiger partial charge in [-0.2, -0.15) is 0 Å². The van der Waals surface area contributed by atoms with Crippen LogP contribution >= 0.6 is 11.6 Å². The van der Waals surface area contributed by atoms with Gasteiger partial charge >= 0.3 is 0 Å². The summed E-state index contributed by atoms with van der Waals surface area (Å²) < 4.78 is 18.4. The summed E-state index contributed by atoms with van der Waals surface area (Å²) in [5.74, 6) is 0. The Morgan fingerprint density at radius 2 is 1.82 bits per heavy atom. The summed E-state index contributed by atoms with van der Waals surface area (Å²) in [6.45, 7) is 0. The number of hydrogen-bond acceptors (Lipinski definition) is 2. The lowest BCUT2D eigenvalue weighted by Gasteiger charge is -1.98. The Morgan fingerprint density at radius 3 is 2.18 bits per heavy atom. The number of hydrogen-bond donors (Lipinski definition) is 1. The average Bonchev–Trinajstić information content (AvgIpc) is 1.86. The zero-order chi connectivity index (χ0) is 8.48. The van der Waals surface area contributed by atoms with Crippen molar-refractivity contribution in [3.8, 4) is 0 Å². The van der Waals surface area contributed by atoms with Crippen molar-refractivity contribution in [1.82, 2.24) is 0 Å². The maximum atomic E-state index is 11.1. The van der Waals surface area contributed by atoms with Gasteiger partial charge in [-0.25, -0.2) is 8.99 Å². The van der Waals surface area contributed by atoms with Gasteiger partial charge in [0.25, 0.3) is 0 Å². The number of benzene rings is 1. The molecular weight excluding hydrogens is 182 g/mol. The van der Waals surface area contributed by atoms with Gasteiger partial charge in [-0.15, -0.1) is 0 Å². The third kappa shape index (κ3) is 2.20. The fourth-order valence-corrected chi connectivity index (χ4v) is 1.48. The van der Waals surface area contributed by atoms with Crippen LogP contribution < -0.4 is 0 Å². The Hall–Kier alpha value is -0.540. The molecule has 0 aliphatic heterocycles. The maximum absolute atomic E-state index is 11.1. The maximum Gasteiger partial charge on any atom is 0.0696 e. The molecule has 60 valence electrons. The van der Waals surface area contributed by atoms with E-state index in [0.717, 1.165) is 0 Å². The van der Waals surface area contributed by atoms with Crippen LogP contribution in [0.2, 0.25) is 5.02 Å². The molecule has 1 rings (SSSR count). The SMILES string of the molecule is C[S@](=N)(=O)c1ccc(Cl)cc1. The van der Waals surface area contributed by atoms with Crippen molar-refractivity contribution in [2.24, 2.45) is 0 Å². The molecule has 0 radical (unpaired) electrons. The topological polar surface area (TPSA) is 40.9 Å². The highest BCUT2D eigenvalue weighted by atomic mass is 35.5. The quantitative estimate of drug-likeness (QED) is 0.724. The van der Waals surface area contributed by atoms with E-state index in [4.69, 9.17) is 16.4 Å². The van der Waals surface area contributed by atoms with Gasteiger partial charge in [-0.3, -0.25) is 0 Å². The van der Waals surface area contributed by atoms with Crippen molar-refractivity contribution < 1.29 is 4.21 Å². The monoisotopic (exact) mass is 189 g/mol. The molecule has 0 aliphatic rings. The van der Waals surface area contributed by atoms with Gasteiger partial charge in [0.1, 0.15) is 0 Å². The Labute approximate surface area is 71.2 Å². The van der Waals surface area contributed by atoms with Crippen LogP contribution in [0.5, 0.6) is 0 Å². The lowest BCUT2D eigenvalue weighted by molar-refractivity contribution is 0.679. The van der Waals surface area contributed by atoms with Crippen molar-refractivity contribution in [2.45, 2.75) is 4.90 Å². The largest absolute Gasteiger partial charge is 0.249 e. The molecule has 1 aromatic carbocycles. The van der Waals surface area contributed by atoms with E-state index in [1.54, 1.807) is 24.3 Å². The standard InChI is InChI=1S/C7H8ClNOS/c1-11(9,10)7-4-2-6(8)3-5-7/h2-5,9H,1H3/t11-/m0/s1. The molecule has 0 aliphatic carbocycles. The van der Waals surface area contributed by atoms with E-state index < -0.39 is 9.73 Å². The summed E-state index contributed by atoms with van der Waals surface area (Å²) in [6.07, 6.45) is 1.39. The zero-order valence-electron chi connectivity index (χ0n) is 6.00. The fraction of sp³-hybridized carbons (Fsp3) is 0.143. The molecule has 2 nitrogen and oxygen atoms in total. The minimum absolute atomic E-state index is 0.516. The van der Waals surface area contributed by atoms with E-state index in [2.05, 4.69) is 0 Å². The third-order valence-corrected chi connectivity index (χ3v) is 2.69. The second kappa shape index (κ2) is 2.83. The Morgan fingerprint density at radius 1 is 1.36 bits per heavy atom. The Bertz CT molecular complexity index is 341. The van der Waals surface area contributed by atoms with Crippen LogP contribution in [0, 0.1) is 4.78 Å². The second-order valence-electron chi connectivity index (χ2n) is 2.30. The van der Waals surface area contributed by atoms with Crippen LogP contribution in [0.25, 0.3) is 0 Å². The molecule has 0 bridgehead atoms. The van der Waals surface area contributed by atoms with Crippen LogP contribution in [0.4, 0.5) is 0 Å². The van der Waals surface area contributed by atoms with Crippen LogP contribution in [0.3, 0.4) is 0 Å². The lowest BCUT2D eigenvalue weighted by atomic mass is 10.4. The van der Waals surface area contributed by atoms with Crippen LogP contribution in [0.1, 0.15) is 0 Å². The molecule has 4 heteroatoms. The zero-order valence-corrected chi connectivity index (χ0v) is 7.58. The van der Waals surface area contributed by atoms with E-state index >= 15 is 0 Å². The van der Waals surface area contributed by atoms with Gasteiger partial charge < -0.3 is 0 Å². The Balaban J connectivity index is 3.20. The highest BCUT2D eigenvalue weighted by Gasteiger charge is 2.00. The highest BCUT2D eigenvalue weighted by Crippen LogP contribution is 2.13. The summed E-state index contributed by atoms with van der Waals surface area (Å²) >= 11 is 5.61. The van der Waals surface area contributed by atoms with Gasteiger partial charge in [0.2, 0.25) is 0 Å². The summed E-state index contributed by atoms with van der Waals surface area (Å²) in [5, 5.41) is 0.595. The number of rotatable bonds is 1. The Kier molecular flexibility index (Phi) is 2.20. The molecular formula is C7H8ClNOS. The average molecular weight is 190 g/mol. The first-order valence-electron chi connectivity index (χ1n) is 2.99. The summed E-state index contributed by atoms with van der Waals surface area (Å²) in [6, 6.07) is 6.48. The number of nitrogens with one attached hydrogen (secondary N) is 1. The van der Waals surface area contributed by atoms with Gasteiger partial charge in [-0.05, 0) is 24.3 Å². The van der Waals surface area contributed by atoms with Crippen molar-refractivity contribution in [3.05, 3.63) is 29.3 Å². The lowest BCUT2D eigenvalue weighted by Crippen LogP contribution is -1.93. The van der Waals surface area contributed by atoms with Crippen molar-refractivity contribution >= 4 is 21.3 Å². The summed E-state index contributed by atoms with van der Waals surface area (Å²) in [4.78, 5) is 0.516. The van der Waals surface area contributed by atoms with E-state index in [1.165, 1.54) is 6.26 Å². The second-order valence-corrected chi connectivity index (χ2v) is 4.89. The molecule has 0 unspecified atom stereocenters. The van der Waals surface area contributed by atoms with Crippen LogP contribution in [-0.2, 0) is 9.73 Å². The minimum Gasteiger partial charge on any atom is -0.249 e. The van der Waals surface area contributed by atoms with E-state index in [9.17, 15) is 4.21 Å². The smallest absolute Gasteiger partial charge is 0.0696 e. The molecule has 0 fully saturated rings. The predicted molar refractivity (Wildman–Crippen MR) is 46.5 cm³/mol. The van der Waals surface area contributed by atoms with E-state index in [0.29, 0.717) is 9.92 Å². The van der Waals surface area contributed by atoms with E-state index in [1.807, 2.05) is 0 Å². The minimum atomic E-state index is -2.58. The predicted octanol–water partition coefficient (Wildman–Crippen LogP) is 2.38. The van der Waals surface area contributed by atoms with Gasteiger partial charge in [0.15, 0.2) is 0 Å². The first-order valence-corrected chi connectivity index (χ1v) is 5.34. The molecule has 0 spiro atoms. The highest BCUT2D eigenvalue weighted by molar-refractivity contribution is 7.91. The summed E-state index contributed by atoms with van der Waals surface area (Å²) in [7, 11) is -2.58. The number of halogens is 1. The van der Waals surface area contributed by atoms with E-state index in [-0.39, 0.29) is 0 Å². The van der Waals surface area contributed by atoms with Crippen LogP contribution in [0.15, 0.2) is 29.2 Å². The molecule has 0 saturated heterocycles. The molecule has 0 heterocycles. The summed E-state index contributed by atoms with van der Waals surface area (Å²) in [5.41, 5.74) is 0. The fourth-order valence-electron chi connectivity index (χ4n) is 0.694. The normalized spacial score (nSPS) is 15.8. The first kappa shape index (κ1) is 8.56. The molecule has 0 aromatic heterocycles. The van der Waals surface area contributed by atoms with Crippen molar-refractivity contribution in [2.75, 3.05) is 6.26 Å². The molecule has 11 heavy (non-hydrogen) atoms. The molecule has 1 N–H and O–H groups in total. The van der Waals surface area contributed by atoms with Crippen molar-refractivity contribution in [3.63, 3.8) is 0 Å². The molecule has 0 amide bonds. The molecule has 1 aromatic rings. The first-order chi connectivity index (χ1) is 5.00. The molecule has 1 atom stereocenters.